The first-order valence-electron chi connectivity index (χ1n) is 6.39. The molecule has 5 heteroatoms. The van der Waals surface area contributed by atoms with Crippen molar-refractivity contribution in [3.8, 4) is 0 Å². The number of anilines is 1. The van der Waals surface area contributed by atoms with Gasteiger partial charge in [-0.3, -0.25) is 14.5 Å². The summed E-state index contributed by atoms with van der Waals surface area (Å²) in [6.45, 7) is 2.03. The fourth-order valence-electron chi connectivity index (χ4n) is 2.10. The Kier molecular flexibility index (Phi) is 4.27. The minimum absolute atomic E-state index is 0.161. The van der Waals surface area contributed by atoms with Gasteiger partial charge in [0.15, 0.2) is 5.11 Å². The van der Waals surface area contributed by atoms with Crippen molar-refractivity contribution < 1.29 is 9.59 Å². The number of rotatable bonds is 4. The number of nitrogens with zero attached hydrogens (tertiary/aromatic N) is 1. The highest BCUT2D eigenvalue weighted by molar-refractivity contribution is 7.80. The van der Waals surface area contributed by atoms with Crippen molar-refractivity contribution in [3.63, 3.8) is 0 Å². The maximum atomic E-state index is 12.4. The first-order valence-corrected chi connectivity index (χ1v) is 6.79. The molecule has 0 spiro atoms. The molecule has 1 heterocycles. The van der Waals surface area contributed by atoms with E-state index in [-0.39, 0.29) is 16.9 Å². The molecule has 0 radical (unpaired) electrons. The lowest BCUT2D eigenvalue weighted by molar-refractivity contribution is -0.134. The molecule has 1 saturated heterocycles. The zero-order chi connectivity index (χ0) is 13.8. The summed E-state index contributed by atoms with van der Waals surface area (Å²) in [6, 6.07) is 9.15. The number of thiocarbonyl (C=S) groups is 1. The van der Waals surface area contributed by atoms with Crippen molar-refractivity contribution in [2.45, 2.75) is 26.2 Å². The predicted molar refractivity (Wildman–Crippen MR) is 77.7 cm³/mol. The smallest absolute Gasteiger partial charge is 0.245 e. The number of carbonyl (C=O) groups excluding carboxylic acids is 2. The molecule has 1 aliphatic heterocycles. The third-order valence-electron chi connectivity index (χ3n) is 3.13. The summed E-state index contributed by atoms with van der Waals surface area (Å²) < 4.78 is 0. The van der Waals surface area contributed by atoms with Crippen LogP contribution in [-0.2, 0) is 9.59 Å². The van der Waals surface area contributed by atoms with Gasteiger partial charge < -0.3 is 5.32 Å². The number of nitrogens with one attached hydrogen (secondary N) is 1. The van der Waals surface area contributed by atoms with Crippen LogP contribution in [0.15, 0.2) is 30.3 Å². The minimum atomic E-state index is -0.633. The molecule has 0 aromatic heterocycles. The lowest BCUT2D eigenvalue weighted by Gasteiger charge is -2.32. The Hall–Kier alpha value is -1.75. The molecule has 2 amide bonds. The molecule has 0 aliphatic carbocycles. The quantitative estimate of drug-likeness (QED) is 0.678. The van der Waals surface area contributed by atoms with Crippen LogP contribution in [0.2, 0.25) is 0 Å². The molecule has 1 atom stereocenters. The van der Waals surface area contributed by atoms with Gasteiger partial charge in [-0.2, -0.15) is 0 Å². The van der Waals surface area contributed by atoms with Gasteiger partial charge in [0.05, 0.1) is 5.69 Å². The average Bonchev–Trinajstić information content (AvgIpc) is 2.39. The second-order valence-electron chi connectivity index (χ2n) is 4.50. The number of hydrogen-bond acceptors (Lipinski definition) is 3. The number of amides is 2. The summed E-state index contributed by atoms with van der Waals surface area (Å²) in [6.07, 6.45) is 2.36. The summed E-state index contributed by atoms with van der Waals surface area (Å²) in [5, 5.41) is 2.78. The Morgan fingerprint density at radius 1 is 1.26 bits per heavy atom. The highest BCUT2D eigenvalue weighted by Gasteiger charge is 2.38. The van der Waals surface area contributed by atoms with Crippen LogP contribution in [0.4, 0.5) is 5.69 Å². The van der Waals surface area contributed by atoms with Gasteiger partial charge in [-0.25, -0.2) is 0 Å². The van der Waals surface area contributed by atoms with Crippen LogP contribution in [0.3, 0.4) is 0 Å². The van der Waals surface area contributed by atoms with E-state index in [1.165, 1.54) is 4.90 Å². The SMILES string of the molecule is CCCCC1C(=O)NC(=S)N(c2ccccc2)C1=O. The van der Waals surface area contributed by atoms with E-state index >= 15 is 0 Å². The normalized spacial score (nSPS) is 19.5. The average molecular weight is 276 g/mol. The van der Waals surface area contributed by atoms with E-state index in [1.807, 2.05) is 25.1 Å². The molecule has 1 unspecified atom stereocenters. The fraction of sp³-hybridized carbons (Fsp3) is 0.357. The van der Waals surface area contributed by atoms with E-state index in [4.69, 9.17) is 12.2 Å². The number of unbranched alkanes of at least 4 members (excludes halogenated alkanes) is 1. The van der Waals surface area contributed by atoms with E-state index in [0.29, 0.717) is 12.1 Å². The van der Waals surface area contributed by atoms with Gasteiger partial charge in [-0.15, -0.1) is 0 Å². The van der Waals surface area contributed by atoms with Gasteiger partial charge in [-0.1, -0.05) is 38.0 Å². The topological polar surface area (TPSA) is 49.4 Å². The minimum Gasteiger partial charge on any atom is -0.302 e. The van der Waals surface area contributed by atoms with Crippen molar-refractivity contribution in [1.82, 2.24) is 5.32 Å². The van der Waals surface area contributed by atoms with E-state index < -0.39 is 5.92 Å². The molecule has 1 N–H and O–H groups in total. The van der Waals surface area contributed by atoms with E-state index in [0.717, 1.165) is 12.8 Å². The Morgan fingerprint density at radius 2 is 1.95 bits per heavy atom. The number of carbonyl (C=O) groups is 2. The van der Waals surface area contributed by atoms with Crippen LogP contribution in [-0.4, -0.2) is 16.9 Å². The van der Waals surface area contributed by atoms with Gasteiger partial charge in [-0.05, 0) is 30.8 Å². The van der Waals surface area contributed by atoms with Crippen LogP contribution in [0.5, 0.6) is 0 Å². The van der Waals surface area contributed by atoms with Gasteiger partial charge >= 0.3 is 0 Å². The van der Waals surface area contributed by atoms with E-state index in [9.17, 15) is 9.59 Å². The molecule has 4 nitrogen and oxygen atoms in total. The predicted octanol–water partition coefficient (Wildman–Crippen LogP) is 2.24. The summed E-state index contributed by atoms with van der Waals surface area (Å²) in [7, 11) is 0. The Labute approximate surface area is 117 Å². The highest BCUT2D eigenvalue weighted by atomic mass is 32.1. The van der Waals surface area contributed by atoms with Gasteiger partial charge in [0.1, 0.15) is 5.92 Å². The largest absolute Gasteiger partial charge is 0.302 e. The van der Waals surface area contributed by atoms with Crippen molar-refractivity contribution in [1.29, 1.82) is 0 Å². The monoisotopic (exact) mass is 276 g/mol. The number of benzene rings is 1. The maximum Gasteiger partial charge on any atom is 0.245 e. The van der Waals surface area contributed by atoms with Crippen molar-refractivity contribution in [2.24, 2.45) is 5.92 Å². The van der Waals surface area contributed by atoms with E-state index in [2.05, 4.69) is 5.32 Å². The van der Waals surface area contributed by atoms with Gasteiger partial charge in [0.2, 0.25) is 11.8 Å². The molecule has 19 heavy (non-hydrogen) atoms. The lowest BCUT2D eigenvalue weighted by Crippen LogP contribution is -2.58. The molecule has 2 rings (SSSR count). The molecule has 1 aromatic carbocycles. The fourth-order valence-corrected chi connectivity index (χ4v) is 2.40. The van der Waals surface area contributed by atoms with Crippen molar-refractivity contribution >= 4 is 34.8 Å². The van der Waals surface area contributed by atoms with Crippen LogP contribution < -0.4 is 10.2 Å². The van der Waals surface area contributed by atoms with Crippen molar-refractivity contribution in [2.75, 3.05) is 4.90 Å². The van der Waals surface area contributed by atoms with Gasteiger partial charge in [0.25, 0.3) is 0 Å². The first kappa shape index (κ1) is 13.7. The summed E-state index contributed by atoms with van der Waals surface area (Å²) in [5.41, 5.74) is 0.694. The first-order chi connectivity index (χ1) is 9.15. The summed E-state index contributed by atoms with van der Waals surface area (Å²) in [4.78, 5) is 25.7. The lowest BCUT2D eigenvalue weighted by atomic mass is 9.97. The zero-order valence-corrected chi connectivity index (χ0v) is 11.6. The molecule has 100 valence electrons. The third-order valence-corrected chi connectivity index (χ3v) is 3.41. The maximum absolute atomic E-state index is 12.4. The zero-order valence-electron chi connectivity index (χ0n) is 10.8. The molecular weight excluding hydrogens is 260 g/mol. The van der Waals surface area contributed by atoms with Crippen molar-refractivity contribution in [3.05, 3.63) is 30.3 Å². The molecular formula is C14H16N2O2S. The second-order valence-corrected chi connectivity index (χ2v) is 4.89. The van der Waals surface area contributed by atoms with E-state index in [1.54, 1.807) is 12.1 Å². The van der Waals surface area contributed by atoms with Crippen LogP contribution in [0.1, 0.15) is 26.2 Å². The van der Waals surface area contributed by atoms with Crippen LogP contribution in [0, 0.1) is 5.92 Å². The Bertz CT molecular complexity index is 501. The third kappa shape index (κ3) is 2.81. The molecule has 1 fully saturated rings. The Morgan fingerprint density at radius 3 is 2.58 bits per heavy atom. The Balaban J connectivity index is 2.26. The van der Waals surface area contributed by atoms with Gasteiger partial charge in [0, 0.05) is 0 Å². The molecule has 0 saturated carbocycles. The number of para-hydroxylation sites is 1. The van der Waals surface area contributed by atoms with Crippen LogP contribution in [0.25, 0.3) is 0 Å². The molecule has 1 aromatic rings. The summed E-state index contributed by atoms with van der Waals surface area (Å²) >= 11 is 5.10. The van der Waals surface area contributed by atoms with Crippen LogP contribution >= 0.6 is 12.2 Å². The highest BCUT2D eigenvalue weighted by Crippen LogP contribution is 2.23. The second kappa shape index (κ2) is 5.93. The standard InChI is InChI=1S/C14H16N2O2S/c1-2-3-9-11-12(17)15-14(19)16(13(11)18)10-7-5-4-6-8-10/h4-8,11H,2-3,9H2,1H3,(H,15,17,19). The molecule has 0 bridgehead atoms. The summed E-state index contributed by atoms with van der Waals surface area (Å²) in [5.74, 6) is -1.14. The number of hydrogen-bond donors (Lipinski definition) is 1. The molecule has 1 aliphatic rings.